The van der Waals surface area contributed by atoms with Gasteiger partial charge in [0.05, 0.1) is 13.2 Å². The zero-order valence-electron chi connectivity index (χ0n) is 9.72. The van der Waals surface area contributed by atoms with Crippen molar-refractivity contribution < 1.29 is 13.9 Å². The van der Waals surface area contributed by atoms with Gasteiger partial charge in [-0.3, -0.25) is 0 Å². The van der Waals surface area contributed by atoms with E-state index in [2.05, 4.69) is 33.9 Å². The number of hydrogen-bond donors (Lipinski definition) is 1. The first-order valence-corrected chi connectivity index (χ1v) is 7.71. The summed E-state index contributed by atoms with van der Waals surface area (Å²) in [5.74, 6) is -0.524. The third-order valence-electron chi connectivity index (χ3n) is 2.71. The number of aliphatic hydroxyl groups is 1. The summed E-state index contributed by atoms with van der Waals surface area (Å²) in [6.07, 6.45) is 1.29. The second-order valence-corrected chi connectivity index (χ2v) is 9.69. The van der Waals surface area contributed by atoms with E-state index in [0.717, 1.165) is 0 Å². The second-order valence-electron chi connectivity index (χ2n) is 4.88. The fraction of sp³-hybridized carbons (Fsp3) is 0.800. The molecule has 0 aromatic heterocycles. The Morgan fingerprint density at radius 1 is 1.43 bits per heavy atom. The molecule has 84 valence electrons. The summed E-state index contributed by atoms with van der Waals surface area (Å²) in [6, 6.07) is 0. The van der Waals surface area contributed by atoms with Crippen LogP contribution in [-0.2, 0) is 4.43 Å². The van der Waals surface area contributed by atoms with E-state index in [9.17, 15) is 4.39 Å². The van der Waals surface area contributed by atoms with Crippen molar-refractivity contribution in [1.82, 2.24) is 0 Å². The summed E-state index contributed by atoms with van der Waals surface area (Å²) in [5.41, 5.74) is 0. The lowest BCUT2D eigenvalue weighted by molar-refractivity contribution is 0.288. The highest BCUT2D eigenvalue weighted by Gasteiger charge is 2.36. The molecule has 0 saturated heterocycles. The Hall–Kier alpha value is -0.193. The van der Waals surface area contributed by atoms with Crippen LogP contribution >= 0.6 is 0 Å². The molecule has 0 aliphatic heterocycles. The minimum Gasteiger partial charge on any atom is -0.413 e. The van der Waals surface area contributed by atoms with Gasteiger partial charge in [-0.05, 0) is 24.2 Å². The molecule has 0 radical (unpaired) electrons. The van der Waals surface area contributed by atoms with Crippen LogP contribution in [0.3, 0.4) is 0 Å². The van der Waals surface area contributed by atoms with E-state index >= 15 is 0 Å². The van der Waals surface area contributed by atoms with E-state index < -0.39 is 20.8 Å². The molecule has 0 spiro atoms. The molecule has 0 aromatic carbocycles. The monoisotopic (exact) mass is 220 g/mol. The fourth-order valence-corrected chi connectivity index (χ4v) is 1.55. The molecule has 0 aromatic rings. The molecule has 0 aliphatic rings. The zero-order valence-corrected chi connectivity index (χ0v) is 10.7. The van der Waals surface area contributed by atoms with Crippen LogP contribution in [0.4, 0.5) is 4.39 Å². The van der Waals surface area contributed by atoms with Gasteiger partial charge in [0.2, 0.25) is 0 Å². The first-order valence-electron chi connectivity index (χ1n) is 4.80. The Morgan fingerprint density at radius 2 is 1.93 bits per heavy atom. The van der Waals surface area contributed by atoms with Crippen LogP contribution in [0.2, 0.25) is 18.1 Å². The molecule has 0 rings (SSSR count). The third-order valence-corrected chi connectivity index (χ3v) is 7.21. The fourth-order valence-electron chi connectivity index (χ4n) is 0.621. The molecule has 2 nitrogen and oxygen atoms in total. The van der Waals surface area contributed by atoms with Crippen LogP contribution < -0.4 is 0 Å². The molecule has 0 amide bonds. The predicted molar refractivity (Wildman–Crippen MR) is 59.4 cm³/mol. The molecular weight excluding hydrogens is 199 g/mol. The summed E-state index contributed by atoms with van der Waals surface area (Å²) in [4.78, 5) is 0. The Kier molecular flexibility index (Phi) is 4.98. The van der Waals surface area contributed by atoms with E-state index in [-0.39, 0.29) is 11.6 Å². The first-order chi connectivity index (χ1) is 6.20. The van der Waals surface area contributed by atoms with Crippen molar-refractivity contribution in [3.05, 3.63) is 11.9 Å². The summed E-state index contributed by atoms with van der Waals surface area (Å²) in [5, 5.41) is 8.57. The van der Waals surface area contributed by atoms with Gasteiger partial charge >= 0.3 is 0 Å². The molecule has 0 bridgehead atoms. The molecule has 4 heteroatoms. The van der Waals surface area contributed by atoms with Crippen LogP contribution in [0.25, 0.3) is 0 Å². The van der Waals surface area contributed by atoms with Crippen LogP contribution in [-0.4, -0.2) is 26.6 Å². The number of rotatable bonds is 4. The topological polar surface area (TPSA) is 29.5 Å². The van der Waals surface area contributed by atoms with Crippen molar-refractivity contribution in [2.24, 2.45) is 0 Å². The number of aliphatic hydroxyl groups excluding tert-OH is 1. The average molecular weight is 220 g/mol. The Labute approximate surface area is 86.9 Å². The maximum Gasteiger partial charge on any atom is 0.192 e. The molecule has 0 heterocycles. The van der Waals surface area contributed by atoms with Crippen molar-refractivity contribution in [3.63, 3.8) is 0 Å². The second kappa shape index (κ2) is 5.05. The quantitative estimate of drug-likeness (QED) is 0.738. The van der Waals surface area contributed by atoms with E-state index in [1.165, 1.54) is 6.08 Å². The standard InChI is InChI=1S/C10H21FO2Si/c1-10(2,3)14(4,5)13-7-6-9(11)8-12/h6,12H,7-8H2,1-5H3/b9-6+. The van der Waals surface area contributed by atoms with E-state index in [1.807, 2.05) is 0 Å². The Bertz CT molecular complexity index is 207. The molecule has 0 atom stereocenters. The molecule has 14 heavy (non-hydrogen) atoms. The van der Waals surface area contributed by atoms with Gasteiger partial charge in [-0.2, -0.15) is 0 Å². The van der Waals surface area contributed by atoms with Gasteiger partial charge in [0.25, 0.3) is 0 Å². The Balaban J connectivity index is 4.14. The highest BCUT2D eigenvalue weighted by atomic mass is 28.4. The maximum atomic E-state index is 12.6. The summed E-state index contributed by atoms with van der Waals surface area (Å²) in [6.45, 7) is 10.3. The van der Waals surface area contributed by atoms with Crippen molar-refractivity contribution in [1.29, 1.82) is 0 Å². The lowest BCUT2D eigenvalue weighted by Gasteiger charge is -2.35. The number of hydrogen-bond acceptors (Lipinski definition) is 2. The summed E-state index contributed by atoms with van der Waals surface area (Å²) < 4.78 is 18.2. The smallest absolute Gasteiger partial charge is 0.192 e. The highest BCUT2D eigenvalue weighted by molar-refractivity contribution is 6.74. The van der Waals surface area contributed by atoms with Crippen molar-refractivity contribution in [2.75, 3.05) is 13.2 Å². The van der Waals surface area contributed by atoms with Crippen LogP contribution in [0.15, 0.2) is 11.9 Å². The molecule has 1 N–H and O–H groups in total. The maximum absolute atomic E-state index is 12.6. The molecule has 0 saturated carbocycles. The molecule has 0 aliphatic carbocycles. The molecule has 0 unspecified atom stereocenters. The van der Waals surface area contributed by atoms with Crippen LogP contribution in [0, 0.1) is 0 Å². The van der Waals surface area contributed by atoms with Gasteiger partial charge < -0.3 is 9.53 Å². The minimum atomic E-state index is -1.78. The van der Waals surface area contributed by atoms with Gasteiger partial charge in [0.1, 0.15) is 5.83 Å². The van der Waals surface area contributed by atoms with Crippen LogP contribution in [0.5, 0.6) is 0 Å². The van der Waals surface area contributed by atoms with Gasteiger partial charge in [-0.15, -0.1) is 0 Å². The highest BCUT2D eigenvalue weighted by Crippen LogP contribution is 2.36. The van der Waals surface area contributed by atoms with Gasteiger partial charge in [0.15, 0.2) is 8.32 Å². The predicted octanol–water partition coefficient (Wildman–Crippen LogP) is 2.85. The van der Waals surface area contributed by atoms with Gasteiger partial charge in [0, 0.05) is 0 Å². The molecule has 0 fully saturated rings. The lowest BCUT2D eigenvalue weighted by atomic mass is 10.2. The normalized spacial score (nSPS) is 14.6. The van der Waals surface area contributed by atoms with Crippen molar-refractivity contribution in [3.8, 4) is 0 Å². The summed E-state index contributed by atoms with van der Waals surface area (Å²) >= 11 is 0. The van der Waals surface area contributed by atoms with E-state index in [0.29, 0.717) is 0 Å². The first kappa shape index (κ1) is 13.8. The zero-order chi connectivity index (χ0) is 11.4. The van der Waals surface area contributed by atoms with Crippen LogP contribution in [0.1, 0.15) is 20.8 Å². The van der Waals surface area contributed by atoms with E-state index in [1.54, 1.807) is 0 Å². The average Bonchev–Trinajstić information content (AvgIpc) is 2.01. The van der Waals surface area contributed by atoms with Crippen molar-refractivity contribution in [2.45, 2.75) is 38.9 Å². The summed E-state index contributed by atoms with van der Waals surface area (Å²) in [7, 11) is -1.78. The van der Waals surface area contributed by atoms with E-state index in [4.69, 9.17) is 9.53 Å². The third kappa shape index (κ3) is 4.35. The molecular formula is C10H21FO2Si. The Morgan fingerprint density at radius 3 is 2.29 bits per heavy atom. The number of halogens is 1. The lowest BCUT2D eigenvalue weighted by Crippen LogP contribution is -2.40. The SMILES string of the molecule is CC(C)(C)[Si](C)(C)OC/C=C(/F)CO. The minimum absolute atomic E-state index is 0.135. The largest absolute Gasteiger partial charge is 0.413 e. The van der Waals surface area contributed by atoms with Gasteiger partial charge in [-0.1, -0.05) is 20.8 Å². The van der Waals surface area contributed by atoms with Crippen molar-refractivity contribution >= 4 is 8.32 Å². The van der Waals surface area contributed by atoms with Gasteiger partial charge in [-0.25, -0.2) is 4.39 Å².